The van der Waals surface area contributed by atoms with Crippen molar-refractivity contribution in [2.75, 3.05) is 11.6 Å². The summed E-state index contributed by atoms with van der Waals surface area (Å²) in [7, 11) is -3.47. The number of benzene rings is 1. The van der Waals surface area contributed by atoms with Crippen LogP contribution in [0.15, 0.2) is 35.4 Å². The van der Waals surface area contributed by atoms with Crippen LogP contribution in [0.2, 0.25) is 5.02 Å². The van der Waals surface area contributed by atoms with Crippen LogP contribution in [0.3, 0.4) is 0 Å². The van der Waals surface area contributed by atoms with Gasteiger partial charge in [0.1, 0.15) is 6.54 Å². The Bertz CT molecular complexity index is 1040. The van der Waals surface area contributed by atoms with Gasteiger partial charge in [0, 0.05) is 18.5 Å². The number of aromatic nitrogens is 2. The Morgan fingerprint density at radius 1 is 1.30 bits per heavy atom. The molecule has 0 aliphatic heterocycles. The highest BCUT2D eigenvalue weighted by atomic mass is 35.5. The number of rotatable bonds is 8. The summed E-state index contributed by atoms with van der Waals surface area (Å²) in [5.74, 6) is -1.18. The number of aliphatic carboxylic acids is 1. The summed E-state index contributed by atoms with van der Waals surface area (Å²) < 4.78 is 24.9. The molecule has 30 heavy (non-hydrogen) atoms. The lowest BCUT2D eigenvalue weighted by Crippen LogP contribution is -2.23. The van der Waals surface area contributed by atoms with Gasteiger partial charge in [0.2, 0.25) is 5.91 Å². The second-order valence-electron chi connectivity index (χ2n) is 7.68. The number of carbonyl (C=O) groups is 2. The number of halogens is 1. The van der Waals surface area contributed by atoms with Gasteiger partial charge in [-0.25, -0.2) is 8.42 Å². The van der Waals surface area contributed by atoms with Gasteiger partial charge in [0.15, 0.2) is 15.7 Å². The van der Waals surface area contributed by atoms with Crippen molar-refractivity contribution in [3.05, 3.63) is 41.0 Å². The standard InChI is InChI=1S/C20H24ClN3O5S/c1-30(28,29)17-7-6-14(11-16(17)21)15(10-13-4-2-3-5-13)20(27)22-18-8-9-24(23-18)12-19(25)26/h6-9,11,13,15H,2-5,10,12H2,1H3,(H,25,26)(H,22,23,27). The highest BCUT2D eigenvalue weighted by Crippen LogP contribution is 2.36. The molecule has 1 amide bonds. The topological polar surface area (TPSA) is 118 Å². The number of hydrogen-bond acceptors (Lipinski definition) is 5. The number of hydrogen-bond donors (Lipinski definition) is 2. The molecule has 1 aliphatic carbocycles. The summed E-state index contributed by atoms with van der Waals surface area (Å²) in [5, 5.41) is 15.8. The predicted molar refractivity (Wildman–Crippen MR) is 112 cm³/mol. The van der Waals surface area contributed by atoms with Gasteiger partial charge in [-0.3, -0.25) is 14.3 Å². The lowest BCUT2D eigenvalue weighted by molar-refractivity contribution is -0.137. The van der Waals surface area contributed by atoms with Crippen LogP contribution in [-0.2, 0) is 26.0 Å². The van der Waals surface area contributed by atoms with E-state index in [1.54, 1.807) is 12.1 Å². The first kappa shape index (κ1) is 22.3. The van der Waals surface area contributed by atoms with E-state index in [0.717, 1.165) is 31.9 Å². The summed E-state index contributed by atoms with van der Waals surface area (Å²) in [6.07, 6.45) is 7.55. The minimum Gasteiger partial charge on any atom is -0.480 e. The van der Waals surface area contributed by atoms with Gasteiger partial charge in [-0.05, 0) is 30.0 Å². The van der Waals surface area contributed by atoms with Crippen LogP contribution in [0, 0.1) is 5.92 Å². The molecule has 2 aromatic rings. The molecule has 1 aromatic heterocycles. The molecular formula is C20H24ClN3O5S. The molecule has 1 unspecified atom stereocenters. The third-order valence-corrected chi connectivity index (χ3v) is 6.89. The summed E-state index contributed by atoms with van der Waals surface area (Å²) in [4.78, 5) is 23.9. The van der Waals surface area contributed by atoms with E-state index in [4.69, 9.17) is 16.7 Å². The number of sulfone groups is 1. The van der Waals surface area contributed by atoms with Gasteiger partial charge in [-0.1, -0.05) is 43.4 Å². The van der Waals surface area contributed by atoms with Crippen LogP contribution in [0.25, 0.3) is 0 Å². The number of anilines is 1. The smallest absolute Gasteiger partial charge is 0.325 e. The van der Waals surface area contributed by atoms with Gasteiger partial charge in [0.25, 0.3) is 0 Å². The molecule has 0 saturated heterocycles. The summed E-state index contributed by atoms with van der Waals surface area (Å²) in [6.45, 7) is -0.302. The highest BCUT2D eigenvalue weighted by molar-refractivity contribution is 7.90. The molecule has 1 aliphatic rings. The lowest BCUT2D eigenvalue weighted by atomic mass is 9.87. The molecule has 0 bridgehead atoms. The van der Waals surface area contributed by atoms with E-state index in [1.165, 1.54) is 23.0 Å². The van der Waals surface area contributed by atoms with Gasteiger partial charge in [0.05, 0.1) is 15.8 Å². The third kappa shape index (κ3) is 5.60. The maximum Gasteiger partial charge on any atom is 0.325 e. The zero-order valence-electron chi connectivity index (χ0n) is 16.5. The molecule has 162 valence electrons. The zero-order valence-corrected chi connectivity index (χ0v) is 18.1. The van der Waals surface area contributed by atoms with E-state index in [-0.39, 0.29) is 28.2 Å². The molecule has 0 radical (unpaired) electrons. The SMILES string of the molecule is CS(=O)(=O)c1ccc(C(CC2CCCC2)C(=O)Nc2ccn(CC(=O)O)n2)cc1Cl. The number of carbonyl (C=O) groups excluding carboxylic acids is 1. The molecule has 1 heterocycles. The minimum absolute atomic E-state index is 0.0281. The third-order valence-electron chi connectivity index (χ3n) is 5.31. The van der Waals surface area contributed by atoms with Crippen molar-refractivity contribution in [2.24, 2.45) is 5.92 Å². The van der Waals surface area contributed by atoms with Crippen molar-refractivity contribution in [1.82, 2.24) is 9.78 Å². The average Bonchev–Trinajstić information content (AvgIpc) is 3.30. The molecule has 1 fully saturated rings. The molecule has 0 spiro atoms. The van der Waals surface area contributed by atoms with Crippen LogP contribution in [-0.4, -0.2) is 41.4 Å². The Morgan fingerprint density at radius 3 is 2.60 bits per heavy atom. The first-order chi connectivity index (χ1) is 14.1. The summed E-state index contributed by atoms with van der Waals surface area (Å²) >= 11 is 6.21. The molecule has 2 N–H and O–H groups in total. The van der Waals surface area contributed by atoms with Crippen molar-refractivity contribution in [2.45, 2.75) is 49.5 Å². The fourth-order valence-electron chi connectivity index (χ4n) is 3.88. The molecule has 1 saturated carbocycles. The molecule has 1 atom stereocenters. The average molecular weight is 454 g/mol. The van der Waals surface area contributed by atoms with E-state index in [1.807, 2.05) is 0 Å². The second kappa shape index (κ2) is 9.18. The van der Waals surface area contributed by atoms with Crippen LogP contribution in [0.4, 0.5) is 5.82 Å². The lowest BCUT2D eigenvalue weighted by Gasteiger charge is -2.21. The minimum atomic E-state index is -3.47. The quantitative estimate of drug-likeness (QED) is 0.632. The van der Waals surface area contributed by atoms with E-state index < -0.39 is 21.7 Å². The van der Waals surface area contributed by atoms with Gasteiger partial charge in [-0.2, -0.15) is 5.10 Å². The normalized spacial score (nSPS) is 15.8. The second-order valence-corrected chi connectivity index (χ2v) is 10.1. The number of carboxylic acids is 1. The van der Waals surface area contributed by atoms with E-state index in [0.29, 0.717) is 17.9 Å². The van der Waals surface area contributed by atoms with Gasteiger partial charge in [-0.15, -0.1) is 0 Å². The number of carboxylic acid groups (broad SMARTS) is 1. The first-order valence-corrected chi connectivity index (χ1v) is 12.0. The van der Waals surface area contributed by atoms with Crippen molar-refractivity contribution in [3.8, 4) is 0 Å². The maximum atomic E-state index is 13.1. The Morgan fingerprint density at radius 2 is 2.00 bits per heavy atom. The fraction of sp³-hybridized carbons (Fsp3) is 0.450. The Hall–Kier alpha value is -2.39. The van der Waals surface area contributed by atoms with Crippen LogP contribution < -0.4 is 5.32 Å². The van der Waals surface area contributed by atoms with Crippen molar-refractivity contribution in [3.63, 3.8) is 0 Å². The number of nitrogens with zero attached hydrogens (tertiary/aromatic N) is 2. The van der Waals surface area contributed by atoms with Crippen LogP contribution >= 0.6 is 11.6 Å². The molecule has 10 heteroatoms. The van der Waals surface area contributed by atoms with E-state index in [2.05, 4.69) is 10.4 Å². The van der Waals surface area contributed by atoms with Gasteiger partial charge >= 0.3 is 5.97 Å². The van der Waals surface area contributed by atoms with Crippen molar-refractivity contribution < 1.29 is 23.1 Å². The molecule has 8 nitrogen and oxygen atoms in total. The predicted octanol–water partition coefficient (Wildman–Crippen LogP) is 3.33. The molecule has 1 aromatic carbocycles. The van der Waals surface area contributed by atoms with Gasteiger partial charge < -0.3 is 10.4 Å². The van der Waals surface area contributed by atoms with E-state index >= 15 is 0 Å². The first-order valence-electron chi connectivity index (χ1n) is 9.69. The van der Waals surface area contributed by atoms with Crippen molar-refractivity contribution >= 4 is 39.1 Å². The maximum absolute atomic E-state index is 13.1. The van der Waals surface area contributed by atoms with E-state index in [9.17, 15) is 18.0 Å². The number of amides is 1. The Kier molecular flexibility index (Phi) is 6.82. The summed E-state index contributed by atoms with van der Waals surface area (Å²) in [6, 6.07) is 6.14. The Balaban J connectivity index is 1.84. The fourth-order valence-corrected chi connectivity index (χ4v) is 5.21. The highest BCUT2D eigenvalue weighted by Gasteiger charge is 2.28. The van der Waals surface area contributed by atoms with Crippen LogP contribution in [0.1, 0.15) is 43.6 Å². The molecular weight excluding hydrogens is 430 g/mol. The Labute approximate surface area is 180 Å². The zero-order chi connectivity index (χ0) is 21.9. The number of nitrogens with one attached hydrogen (secondary N) is 1. The van der Waals surface area contributed by atoms with Crippen LogP contribution in [0.5, 0.6) is 0 Å². The monoisotopic (exact) mass is 453 g/mol. The molecule has 3 rings (SSSR count). The summed E-state index contributed by atoms with van der Waals surface area (Å²) in [5.41, 5.74) is 0.641. The van der Waals surface area contributed by atoms with Crippen molar-refractivity contribution in [1.29, 1.82) is 0 Å². The largest absolute Gasteiger partial charge is 0.480 e.